The molecule has 2 N–H and O–H groups in total. The molecule has 1 aliphatic rings. The molecule has 0 atom stereocenters. The zero-order chi connectivity index (χ0) is 18.8. The van der Waals surface area contributed by atoms with E-state index in [1.165, 1.54) is 25.7 Å². The highest BCUT2D eigenvalue weighted by molar-refractivity contribution is 5.79. The molecule has 1 aromatic rings. The van der Waals surface area contributed by atoms with Crippen molar-refractivity contribution in [3.8, 4) is 0 Å². The third kappa shape index (κ3) is 6.16. The lowest BCUT2D eigenvalue weighted by Crippen LogP contribution is -2.43. The number of guanidine groups is 1. The Bertz CT molecular complexity index is 567. The van der Waals surface area contributed by atoms with Crippen LogP contribution in [0.2, 0.25) is 0 Å². The average molecular weight is 362 g/mol. The maximum atomic E-state index is 5.60. The number of rotatable bonds is 9. The van der Waals surface area contributed by atoms with E-state index >= 15 is 0 Å². The molecule has 1 saturated carbocycles. The summed E-state index contributed by atoms with van der Waals surface area (Å²) in [6, 6.07) is 6.09. The molecule has 26 heavy (non-hydrogen) atoms. The largest absolute Gasteiger partial charge is 0.382 e. The number of nitrogens with one attached hydrogen (secondary N) is 2. The smallest absolute Gasteiger partial charge is 0.191 e. The molecular weight excluding hydrogens is 326 g/mol. The Morgan fingerprint density at radius 3 is 2.69 bits per heavy atom. The summed E-state index contributed by atoms with van der Waals surface area (Å²) in [5.74, 6) is 1.80. The van der Waals surface area contributed by atoms with Gasteiger partial charge >= 0.3 is 0 Å². The molecule has 146 valence electrons. The Morgan fingerprint density at radius 2 is 2.04 bits per heavy atom. The number of pyridine rings is 1. The molecule has 1 fully saturated rings. The van der Waals surface area contributed by atoms with Crippen LogP contribution >= 0.6 is 0 Å². The molecule has 0 bridgehead atoms. The molecule has 0 aromatic carbocycles. The van der Waals surface area contributed by atoms with E-state index in [0.29, 0.717) is 12.0 Å². The summed E-state index contributed by atoms with van der Waals surface area (Å²) in [4.78, 5) is 11.0. The third-order valence-corrected chi connectivity index (χ3v) is 5.19. The summed E-state index contributed by atoms with van der Waals surface area (Å²) >= 11 is 0. The molecule has 1 aliphatic carbocycles. The van der Waals surface area contributed by atoms with Crippen molar-refractivity contribution in [1.29, 1.82) is 0 Å². The number of anilines is 1. The predicted octanol–water partition coefficient (Wildman–Crippen LogP) is 2.80. The molecule has 2 rings (SSSR count). The Morgan fingerprint density at radius 1 is 1.27 bits per heavy atom. The summed E-state index contributed by atoms with van der Waals surface area (Å²) in [6.07, 6.45) is 6.31. The van der Waals surface area contributed by atoms with Gasteiger partial charge < -0.3 is 20.3 Å². The maximum absolute atomic E-state index is 5.60. The molecule has 0 radical (unpaired) electrons. The summed E-state index contributed by atoms with van der Waals surface area (Å²) in [5, 5.41) is 6.92. The van der Waals surface area contributed by atoms with E-state index in [1.54, 1.807) is 0 Å². The molecule has 0 saturated heterocycles. The number of aromatic nitrogens is 1. The van der Waals surface area contributed by atoms with Gasteiger partial charge in [-0.2, -0.15) is 0 Å². The third-order valence-electron chi connectivity index (χ3n) is 5.19. The van der Waals surface area contributed by atoms with Gasteiger partial charge in [0, 0.05) is 40.9 Å². The molecule has 0 amide bonds. The van der Waals surface area contributed by atoms with Gasteiger partial charge in [-0.3, -0.25) is 4.99 Å². The SMILES string of the molecule is CCOCCC1(CNC(=NC)NCc2cccc(N(C)C)n2)CCCC1. The van der Waals surface area contributed by atoms with E-state index in [1.807, 2.05) is 44.2 Å². The lowest BCUT2D eigenvalue weighted by molar-refractivity contribution is 0.105. The van der Waals surface area contributed by atoms with Gasteiger partial charge in [-0.25, -0.2) is 4.98 Å². The van der Waals surface area contributed by atoms with Gasteiger partial charge in [0.25, 0.3) is 0 Å². The first-order valence-corrected chi connectivity index (χ1v) is 9.74. The molecule has 0 unspecified atom stereocenters. The van der Waals surface area contributed by atoms with Crippen LogP contribution in [-0.2, 0) is 11.3 Å². The zero-order valence-corrected chi connectivity index (χ0v) is 16.8. The van der Waals surface area contributed by atoms with Crippen LogP contribution in [0.1, 0.15) is 44.7 Å². The summed E-state index contributed by atoms with van der Waals surface area (Å²) < 4.78 is 5.60. The van der Waals surface area contributed by atoms with Gasteiger partial charge in [0.2, 0.25) is 0 Å². The minimum absolute atomic E-state index is 0.343. The molecular formula is C20H35N5O. The maximum Gasteiger partial charge on any atom is 0.191 e. The van der Waals surface area contributed by atoms with Crippen LogP contribution in [0.15, 0.2) is 23.2 Å². The standard InChI is InChI=1S/C20H35N5O/c1-5-26-14-13-20(11-6-7-12-20)16-23-19(21-2)22-15-17-9-8-10-18(24-17)25(3)4/h8-10H,5-7,11-16H2,1-4H3,(H2,21,22,23). The summed E-state index contributed by atoms with van der Waals surface area (Å²) in [6.45, 7) is 5.32. The van der Waals surface area contributed by atoms with Crippen molar-refractivity contribution in [3.63, 3.8) is 0 Å². The van der Waals surface area contributed by atoms with Gasteiger partial charge in [0.05, 0.1) is 12.2 Å². The summed E-state index contributed by atoms with van der Waals surface area (Å²) in [5.41, 5.74) is 1.35. The highest BCUT2D eigenvalue weighted by atomic mass is 16.5. The first kappa shape index (κ1) is 20.5. The lowest BCUT2D eigenvalue weighted by atomic mass is 9.83. The second-order valence-corrected chi connectivity index (χ2v) is 7.31. The van der Waals surface area contributed by atoms with Crippen molar-refractivity contribution >= 4 is 11.8 Å². The average Bonchev–Trinajstić information content (AvgIpc) is 3.11. The molecule has 0 aliphatic heterocycles. The Hall–Kier alpha value is -1.82. The van der Waals surface area contributed by atoms with Crippen LogP contribution in [0.4, 0.5) is 5.82 Å². The van der Waals surface area contributed by atoms with E-state index in [-0.39, 0.29) is 0 Å². The van der Waals surface area contributed by atoms with Gasteiger partial charge in [0.1, 0.15) is 5.82 Å². The minimum atomic E-state index is 0.343. The minimum Gasteiger partial charge on any atom is -0.382 e. The van der Waals surface area contributed by atoms with E-state index in [9.17, 15) is 0 Å². The molecule has 6 nitrogen and oxygen atoms in total. The topological polar surface area (TPSA) is 61.8 Å². The zero-order valence-electron chi connectivity index (χ0n) is 16.8. The number of nitrogens with zero attached hydrogens (tertiary/aromatic N) is 3. The van der Waals surface area contributed by atoms with E-state index in [0.717, 1.165) is 43.7 Å². The number of ether oxygens (including phenoxy) is 1. The van der Waals surface area contributed by atoms with Crippen molar-refractivity contribution < 1.29 is 4.74 Å². The van der Waals surface area contributed by atoms with Gasteiger partial charge in [-0.1, -0.05) is 18.9 Å². The van der Waals surface area contributed by atoms with Crippen molar-refractivity contribution in [2.75, 3.05) is 45.8 Å². The highest BCUT2D eigenvalue weighted by Gasteiger charge is 2.33. The molecule has 1 heterocycles. The van der Waals surface area contributed by atoms with Crippen LogP contribution in [0.25, 0.3) is 0 Å². The number of hydrogen-bond donors (Lipinski definition) is 2. The second kappa shape index (κ2) is 10.4. The quantitative estimate of drug-likeness (QED) is 0.402. The van der Waals surface area contributed by atoms with E-state index < -0.39 is 0 Å². The first-order valence-electron chi connectivity index (χ1n) is 9.74. The fourth-order valence-electron chi connectivity index (χ4n) is 3.55. The van der Waals surface area contributed by atoms with Crippen molar-refractivity contribution in [1.82, 2.24) is 15.6 Å². The predicted molar refractivity (Wildman–Crippen MR) is 109 cm³/mol. The fraction of sp³-hybridized carbons (Fsp3) is 0.700. The normalized spacial score (nSPS) is 16.5. The highest BCUT2D eigenvalue weighted by Crippen LogP contribution is 2.40. The van der Waals surface area contributed by atoms with Crippen LogP contribution in [-0.4, -0.2) is 51.8 Å². The van der Waals surface area contributed by atoms with Crippen LogP contribution in [0.5, 0.6) is 0 Å². The van der Waals surface area contributed by atoms with E-state index in [4.69, 9.17) is 4.74 Å². The molecule has 6 heteroatoms. The Balaban J connectivity index is 1.85. The van der Waals surface area contributed by atoms with E-state index in [2.05, 4.69) is 27.5 Å². The van der Waals surface area contributed by atoms with Gasteiger partial charge in [0.15, 0.2) is 5.96 Å². The van der Waals surface area contributed by atoms with Gasteiger partial charge in [-0.05, 0) is 43.7 Å². The number of hydrogen-bond acceptors (Lipinski definition) is 4. The molecule has 1 aromatic heterocycles. The monoisotopic (exact) mass is 361 g/mol. The van der Waals surface area contributed by atoms with Crippen LogP contribution in [0.3, 0.4) is 0 Å². The van der Waals surface area contributed by atoms with Crippen molar-refractivity contribution in [2.45, 2.75) is 45.6 Å². The lowest BCUT2D eigenvalue weighted by Gasteiger charge is -2.30. The Kier molecular flexibility index (Phi) is 8.16. The first-order chi connectivity index (χ1) is 12.6. The Labute approximate surface area is 158 Å². The fourth-order valence-corrected chi connectivity index (χ4v) is 3.55. The summed E-state index contributed by atoms with van der Waals surface area (Å²) in [7, 11) is 5.83. The van der Waals surface area contributed by atoms with Crippen LogP contribution < -0.4 is 15.5 Å². The molecule has 0 spiro atoms. The van der Waals surface area contributed by atoms with Gasteiger partial charge in [-0.15, -0.1) is 0 Å². The van der Waals surface area contributed by atoms with Crippen LogP contribution in [0, 0.1) is 5.41 Å². The second-order valence-electron chi connectivity index (χ2n) is 7.31. The van der Waals surface area contributed by atoms with Crippen molar-refractivity contribution in [2.24, 2.45) is 10.4 Å². The van der Waals surface area contributed by atoms with Crippen molar-refractivity contribution in [3.05, 3.63) is 23.9 Å². The number of aliphatic imine (C=N–C) groups is 1.